The second-order valence-electron chi connectivity index (χ2n) is 6.36. The molecule has 0 saturated heterocycles. The van der Waals surface area contributed by atoms with Gasteiger partial charge in [-0.2, -0.15) is 0 Å². The normalized spacial score (nSPS) is 13.7. The van der Waals surface area contributed by atoms with E-state index in [1.165, 1.54) is 12.1 Å². The molecule has 30 heavy (non-hydrogen) atoms. The van der Waals surface area contributed by atoms with E-state index in [4.69, 9.17) is 25.8 Å². The van der Waals surface area contributed by atoms with Crippen LogP contribution in [0.5, 0.6) is 17.2 Å². The molecule has 2 aromatic carbocycles. The standard InChI is InChI=1S/C19H21ClN2O7S/c20-15-3-1-2-4-18(15)30(25,26)22-8-7-19(24)21-10-13(23)11-27-14-5-6-16-17(9-14)29-12-28-16/h1-6,9,13,22-23H,7-8,10-12H2,(H,21,24). The van der Waals surface area contributed by atoms with Gasteiger partial charge in [-0.1, -0.05) is 23.7 Å². The lowest BCUT2D eigenvalue weighted by Gasteiger charge is -2.14. The number of nitrogens with one attached hydrogen (secondary N) is 2. The highest BCUT2D eigenvalue weighted by atomic mass is 35.5. The number of benzene rings is 2. The van der Waals surface area contributed by atoms with Gasteiger partial charge in [0, 0.05) is 25.6 Å². The van der Waals surface area contributed by atoms with Crippen molar-refractivity contribution in [1.29, 1.82) is 0 Å². The second kappa shape index (κ2) is 9.98. The fourth-order valence-corrected chi connectivity index (χ4v) is 4.13. The first-order chi connectivity index (χ1) is 14.3. The number of halogens is 1. The van der Waals surface area contributed by atoms with Gasteiger partial charge >= 0.3 is 0 Å². The third-order valence-corrected chi connectivity index (χ3v) is 6.05. The molecule has 2 aromatic rings. The van der Waals surface area contributed by atoms with Gasteiger partial charge in [-0.05, 0) is 24.3 Å². The summed E-state index contributed by atoms with van der Waals surface area (Å²) in [6, 6.07) is 11.1. The van der Waals surface area contributed by atoms with Crippen molar-refractivity contribution in [2.45, 2.75) is 17.4 Å². The Morgan fingerprint density at radius 1 is 1.20 bits per heavy atom. The zero-order chi connectivity index (χ0) is 21.6. The first-order valence-electron chi connectivity index (χ1n) is 9.06. The molecule has 0 bridgehead atoms. The van der Waals surface area contributed by atoms with E-state index >= 15 is 0 Å². The lowest BCUT2D eigenvalue weighted by atomic mass is 10.3. The van der Waals surface area contributed by atoms with E-state index in [1.54, 1.807) is 30.3 Å². The SMILES string of the molecule is O=C(CCNS(=O)(=O)c1ccccc1Cl)NCC(O)COc1ccc2c(c1)OCO2. The smallest absolute Gasteiger partial charge is 0.242 e. The van der Waals surface area contributed by atoms with Crippen molar-refractivity contribution >= 4 is 27.5 Å². The van der Waals surface area contributed by atoms with E-state index in [0.29, 0.717) is 17.2 Å². The van der Waals surface area contributed by atoms with Crippen molar-refractivity contribution in [2.24, 2.45) is 0 Å². The van der Waals surface area contributed by atoms with Crippen LogP contribution in [0.3, 0.4) is 0 Å². The third kappa shape index (κ3) is 5.99. The molecule has 0 aromatic heterocycles. The summed E-state index contributed by atoms with van der Waals surface area (Å²) in [5.74, 6) is 1.27. The van der Waals surface area contributed by atoms with Gasteiger partial charge in [-0.3, -0.25) is 4.79 Å². The minimum Gasteiger partial charge on any atom is -0.491 e. The Hall–Kier alpha value is -2.53. The number of rotatable bonds is 10. The Labute approximate surface area is 178 Å². The maximum atomic E-state index is 12.2. The largest absolute Gasteiger partial charge is 0.491 e. The molecule has 3 N–H and O–H groups in total. The molecule has 0 spiro atoms. The molecule has 1 aliphatic rings. The fourth-order valence-electron chi connectivity index (χ4n) is 2.58. The highest BCUT2D eigenvalue weighted by Crippen LogP contribution is 2.35. The van der Waals surface area contributed by atoms with Crippen LogP contribution in [0, 0.1) is 0 Å². The lowest BCUT2D eigenvalue weighted by Crippen LogP contribution is -2.37. The number of aliphatic hydroxyl groups is 1. The number of carbonyl (C=O) groups is 1. The number of hydrogen-bond acceptors (Lipinski definition) is 7. The van der Waals surface area contributed by atoms with Crippen molar-refractivity contribution in [3.8, 4) is 17.2 Å². The number of hydrogen-bond donors (Lipinski definition) is 3. The minimum atomic E-state index is -3.81. The zero-order valence-electron chi connectivity index (χ0n) is 15.8. The number of aliphatic hydroxyl groups excluding tert-OH is 1. The van der Waals surface area contributed by atoms with Gasteiger partial charge in [-0.15, -0.1) is 0 Å². The lowest BCUT2D eigenvalue weighted by molar-refractivity contribution is -0.121. The number of ether oxygens (including phenoxy) is 3. The van der Waals surface area contributed by atoms with E-state index < -0.39 is 22.0 Å². The molecule has 0 fully saturated rings. The summed E-state index contributed by atoms with van der Waals surface area (Å²) in [5, 5.41) is 12.6. The highest BCUT2D eigenvalue weighted by Gasteiger charge is 2.18. The quantitative estimate of drug-likeness (QED) is 0.492. The van der Waals surface area contributed by atoms with Gasteiger partial charge in [-0.25, -0.2) is 13.1 Å². The van der Waals surface area contributed by atoms with Crippen LogP contribution >= 0.6 is 11.6 Å². The van der Waals surface area contributed by atoms with Crippen LogP contribution in [0.4, 0.5) is 0 Å². The van der Waals surface area contributed by atoms with E-state index in [2.05, 4.69) is 10.0 Å². The Morgan fingerprint density at radius 2 is 1.97 bits per heavy atom. The molecule has 1 unspecified atom stereocenters. The third-order valence-electron chi connectivity index (χ3n) is 4.09. The molecule has 1 aliphatic heterocycles. The van der Waals surface area contributed by atoms with Crippen LogP contribution in [0.15, 0.2) is 47.4 Å². The topological polar surface area (TPSA) is 123 Å². The summed E-state index contributed by atoms with van der Waals surface area (Å²) in [4.78, 5) is 11.8. The van der Waals surface area contributed by atoms with Crippen molar-refractivity contribution in [1.82, 2.24) is 10.0 Å². The average molecular weight is 457 g/mol. The molecule has 1 heterocycles. The van der Waals surface area contributed by atoms with Crippen LogP contribution in [0.2, 0.25) is 5.02 Å². The van der Waals surface area contributed by atoms with Gasteiger partial charge in [0.2, 0.25) is 22.7 Å². The zero-order valence-corrected chi connectivity index (χ0v) is 17.4. The molecular weight excluding hydrogens is 436 g/mol. The molecule has 0 aliphatic carbocycles. The van der Waals surface area contributed by atoms with Gasteiger partial charge in [0.05, 0.1) is 5.02 Å². The predicted octanol–water partition coefficient (Wildman–Crippen LogP) is 1.29. The van der Waals surface area contributed by atoms with Crippen molar-refractivity contribution in [2.75, 3.05) is 26.5 Å². The van der Waals surface area contributed by atoms with E-state index in [1.807, 2.05) is 0 Å². The molecular formula is C19H21ClN2O7S. The van der Waals surface area contributed by atoms with E-state index in [0.717, 1.165) is 0 Å². The van der Waals surface area contributed by atoms with Crippen molar-refractivity contribution in [3.05, 3.63) is 47.5 Å². The highest BCUT2D eigenvalue weighted by molar-refractivity contribution is 7.89. The van der Waals surface area contributed by atoms with Crippen molar-refractivity contribution in [3.63, 3.8) is 0 Å². The second-order valence-corrected chi connectivity index (χ2v) is 8.50. The molecule has 0 radical (unpaired) electrons. The molecule has 1 atom stereocenters. The summed E-state index contributed by atoms with van der Waals surface area (Å²) in [5.41, 5.74) is 0. The van der Waals surface area contributed by atoms with Gasteiger partial charge < -0.3 is 24.6 Å². The van der Waals surface area contributed by atoms with Gasteiger partial charge in [0.1, 0.15) is 23.4 Å². The van der Waals surface area contributed by atoms with Crippen LogP contribution < -0.4 is 24.2 Å². The Kier molecular flexibility index (Phi) is 7.38. The molecule has 0 saturated carbocycles. The predicted molar refractivity (Wildman–Crippen MR) is 108 cm³/mol. The summed E-state index contributed by atoms with van der Waals surface area (Å²) < 4.78 is 42.6. The monoisotopic (exact) mass is 456 g/mol. The molecule has 3 rings (SSSR count). The maximum absolute atomic E-state index is 12.2. The van der Waals surface area contributed by atoms with Crippen LogP contribution in [0.25, 0.3) is 0 Å². The molecule has 1 amide bonds. The number of sulfonamides is 1. The summed E-state index contributed by atoms with van der Waals surface area (Å²) in [7, 11) is -3.81. The van der Waals surface area contributed by atoms with Crippen LogP contribution in [0.1, 0.15) is 6.42 Å². The molecule has 9 nitrogen and oxygen atoms in total. The number of carbonyl (C=O) groups excluding carboxylic acids is 1. The Bertz CT molecular complexity index is 1000. The maximum Gasteiger partial charge on any atom is 0.242 e. The van der Waals surface area contributed by atoms with E-state index in [9.17, 15) is 18.3 Å². The summed E-state index contributed by atoms with van der Waals surface area (Å²) in [6.07, 6.45) is -1.04. The Morgan fingerprint density at radius 3 is 2.77 bits per heavy atom. The first-order valence-corrected chi connectivity index (χ1v) is 10.9. The number of amides is 1. The van der Waals surface area contributed by atoms with Gasteiger partial charge in [0.15, 0.2) is 11.5 Å². The van der Waals surface area contributed by atoms with Crippen molar-refractivity contribution < 1.29 is 32.5 Å². The fraction of sp³-hybridized carbons (Fsp3) is 0.316. The molecule has 162 valence electrons. The van der Waals surface area contributed by atoms with Gasteiger partial charge in [0.25, 0.3) is 0 Å². The summed E-state index contributed by atoms with van der Waals surface area (Å²) >= 11 is 5.89. The minimum absolute atomic E-state index is 0.0410. The van der Waals surface area contributed by atoms with Crippen LogP contribution in [-0.4, -0.2) is 52.0 Å². The molecule has 11 heteroatoms. The first kappa shape index (κ1) is 22.2. The Balaban J connectivity index is 1.35. The average Bonchev–Trinajstić information content (AvgIpc) is 3.18. The summed E-state index contributed by atoms with van der Waals surface area (Å²) in [6.45, 7) is -0.0368. The number of fused-ring (bicyclic) bond motifs is 1. The van der Waals surface area contributed by atoms with Crippen LogP contribution in [-0.2, 0) is 14.8 Å². The van der Waals surface area contributed by atoms with E-state index in [-0.39, 0.29) is 42.8 Å².